The van der Waals surface area contributed by atoms with Crippen molar-refractivity contribution in [2.45, 2.75) is 18.1 Å². The molecule has 0 saturated carbocycles. The third-order valence-electron chi connectivity index (χ3n) is 2.86. The molecule has 7 heteroatoms. The van der Waals surface area contributed by atoms with Gasteiger partial charge in [-0.2, -0.15) is 8.78 Å². The second-order valence-electron chi connectivity index (χ2n) is 4.35. The first-order valence-corrected chi connectivity index (χ1v) is 6.08. The van der Waals surface area contributed by atoms with Crippen LogP contribution in [0.15, 0.2) is 36.4 Å². The Morgan fingerprint density at radius 1 is 1.38 bits per heavy atom. The molecule has 1 saturated heterocycles. The Morgan fingerprint density at radius 2 is 2.05 bits per heavy atom. The normalized spacial score (nSPS) is 24.0. The Morgan fingerprint density at radius 3 is 2.67 bits per heavy atom. The number of hydrogen-bond acceptors (Lipinski definition) is 5. The number of aliphatic hydroxyl groups excluding tert-OH is 1. The molecule has 112 valence electrons. The molecule has 0 spiro atoms. The fourth-order valence-electron chi connectivity index (χ4n) is 1.80. The molecule has 5 nitrogen and oxygen atoms in total. The number of ether oxygens (including phenoxy) is 2. The monoisotopic (exact) mass is 298 g/mol. The lowest BCUT2D eigenvalue weighted by Gasteiger charge is -2.18. The first-order valence-electron chi connectivity index (χ1n) is 6.08. The molecule has 1 N–H and O–H groups in total. The molecule has 0 aromatic heterocycles. The number of aliphatic hydroxyl groups is 1. The van der Waals surface area contributed by atoms with Gasteiger partial charge >= 0.3 is 17.9 Å². The summed E-state index contributed by atoms with van der Waals surface area (Å²) >= 11 is 0. The van der Waals surface area contributed by atoms with Gasteiger partial charge < -0.3 is 14.6 Å². The fourth-order valence-corrected chi connectivity index (χ4v) is 1.80. The predicted octanol–water partition coefficient (Wildman–Crippen LogP) is 1.16. The number of cyclic esters (lactones) is 1. The molecule has 0 amide bonds. The zero-order valence-electron chi connectivity index (χ0n) is 10.7. The fraction of sp³-hybridized carbons (Fsp3) is 0.286. The van der Waals surface area contributed by atoms with Gasteiger partial charge in [0.25, 0.3) is 0 Å². The van der Waals surface area contributed by atoms with Gasteiger partial charge in [-0.3, -0.25) is 0 Å². The van der Waals surface area contributed by atoms with E-state index in [2.05, 4.69) is 9.47 Å². The summed E-state index contributed by atoms with van der Waals surface area (Å²) in [5.41, 5.74) is 0.679. The van der Waals surface area contributed by atoms with Crippen molar-refractivity contribution in [2.75, 3.05) is 6.61 Å². The van der Waals surface area contributed by atoms with E-state index in [0.29, 0.717) is 5.56 Å². The number of rotatable bonds is 4. The number of carbonyl (C=O) groups excluding carboxylic acids is 2. The molecule has 2 rings (SSSR count). The Bertz CT molecular complexity index is 556. The highest BCUT2D eigenvalue weighted by molar-refractivity contribution is 5.88. The summed E-state index contributed by atoms with van der Waals surface area (Å²) in [5.74, 6) is -6.84. The summed E-state index contributed by atoms with van der Waals surface area (Å²) < 4.78 is 35.8. The zero-order chi connectivity index (χ0) is 15.5. The van der Waals surface area contributed by atoms with Gasteiger partial charge in [0, 0.05) is 6.08 Å². The summed E-state index contributed by atoms with van der Waals surface area (Å²) in [5, 5.41) is 8.89. The number of esters is 2. The van der Waals surface area contributed by atoms with Crippen molar-refractivity contribution >= 4 is 18.0 Å². The summed E-state index contributed by atoms with van der Waals surface area (Å²) in [6, 6.07) is 8.67. The highest BCUT2D eigenvalue weighted by Crippen LogP contribution is 2.33. The second kappa shape index (κ2) is 6.01. The number of carbonyl (C=O) groups is 2. The van der Waals surface area contributed by atoms with Crippen LogP contribution in [0.4, 0.5) is 8.78 Å². The van der Waals surface area contributed by atoms with Crippen LogP contribution in [0.5, 0.6) is 0 Å². The quantitative estimate of drug-likeness (QED) is 0.667. The number of benzene rings is 1. The van der Waals surface area contributed by atoms with Crippen molar-refractivity contribution in [3.8, 4) is 0 Å². The third-order valence-corrected chi connectivity index (χ3v) is 2.86. The van der Waals surface area contributed by atoms with Gasteiger partial charge in [-0.15, -0.1) is 0 Å². The van der Waals surface area contributed by atoms with Crippen molar-refractivity contribution in [3.05, 3.63) is 42.0 Å². The molecule has 0 aliphatic carbocycles. The van der Waals surface area contributed by atoms with Crippen molar-refractivity contribution in [1.82, 2.24) is 0 Å². The maximum atomic E-state index is 13.5. The molecular weight excluding hydrogens is 286 g/mol. The van der Waals surface area contributed by atoms with Crippen molar-refractivity contribution in [2.24, 2.45) is 0 Å². The van der Waals surface area contributed by atoms with Crippen LogP contribution < -0.4 is 0 Å². The topological polar surface area (TPSA) is 72.8 Å². The van der Waals surface area contributed by atoms with Gasteiger partial charge in [-0.25, -0.2) is 9.59 Å². The minimum Gasteiger partial charge on any atom is -0.451 e. The SMILES string of the molecule is O=C(C=Cc1ccccc1)O[C@@H]1[C@@H](CO)OC(=O)C1(F)F. The number of hydrogen-bond donors (Lipinski definition) is 1. The number of halogens is 2. The van der Waals surface area contributed by atoms with E-state index in [1.165, 1.54) is 6.08 Å². The van der Waals surface area contributed by atoms with E-state index in [1.807, 2.05) is 0 Å². The minimum atomic E-state index is -3.97. The van der Waals surface area contributed by atoms with Crippen LogP contribution in [-0.4, -0.2) is 41.8 Å². The smallest absolute Gasteiger partial charge is 0.382 e. The molecule has 1 aromatic rings. The molecule has 0 unspecified atom stereocenters. The van der Waals surface area contributed by atoms with Crippen LogP contribution in [0, 0.1) is 0 Å². The average Bonchev–Trinajstić information content (AvgIpc) is 2.69. The van der Waals surface area contributed by atoms with E-state index >= 15 is 0 Å². The van der Waals surface area contributed by atoms with E-state index in [4.69, 9.17) is 5.11 Å². The molecule has 1 fully saturated rings. The summed E-state index contributed by atoms with van der Waals surface area (Å²) in [6.45, 7) is -0.859. The van der Waals surface area contributed by atoms with Crippen LogP contribution >= 0.6 is 0 Å². The lowest BCUT2D eigenvalue weighted by molar-refractivity contribution is -0.170. The second-order valence-corrected chi connectivity index (χ2v) is 4.35. The van der Waals surface area contributed by atoms with Gasteiger partial charge in [0.1, 0.15) is 0 Å². The zero-order valence-corrected chi connectivity index (χ0v) is 10.7. The van der Waals surface area contributed by atoms with E-state index in [9.17, 15) is 18.4 Å². The molecule has 1 aliphatic heterocycles. The van der Waals surface area contributed by atoms with Gasteiger partial charge in [0.05, 0.1) is 6.61 Å². The van der Waals surface area contributed by atoms with E-state index in [-0.39, 0.29) is 0 Å². The number of alkyl halides is 2. The molecule has 1 heterocycles. The molecule has 1 aliphatic rings. The standard InChI is InChI=1S/C14H12F2O5/c15-14(16)12(10(8-17)20-13(14)19)21-11(18)7-6-9-4-2-1-3-5-9/h1-7,10,12,17H,8H2/t10-,12-/m1/s1. The molecule has 0 radical (unpaired) electrons. The Kier molecular flexibility index (Phi) is 4.32. The molecule has 0 bridgehead atoms. The molecular formula is C14H12F2O5. The molecule has 2 atom stereocenters. The average molecular weight is 298 g/mol. The van der Waals surface area contributed by atoms with E-state index in [1.54, 1.807) is 30.3 Å². The van der Waals surface area contributed by atoms with Crippen LogP contribution in [0.3, 0.4) is 0 Å². The first-order chi connectivity index (χ1) is 9.95. The highest BCUT2D eigenvalue weighted by Gasteiger charge is 2.62. The molecule has 21 heavy (non-hydrogen) atoms. The van der Waals surface area contributed by atoms with Gasteiger partial charge in [0.15, 0.2) is 6.10 Å². The van der Waals surface area contributed by atoms with Gasteiger partial charge in [-0.05, 0) is 11.6 Å². The van der Waals surface area contributed by atoms with Gasteiger partial charge in [0.2, 0.25) is 6.10 Å². The molecule has 1 aromatic carbocycles. The van der Waals surface area contributed by atoms with Crippen LogP contribution in [-0.2, 0) is 19.1 Å². The minimum absolute atomic E-state index is 0.679. The van der Waals surface area contributed by atoms with Gasteiger partial charge in [-0.1, -0.05) is 30.3 Å². The van der Waals surface area contributed by atoms with Crippen LogP contribution in [0.25, 0.3) is 6.08 Å². The summed E-state index contributed by atoms with van der Waals surface area (Å²) in [4.78, 5) is 22.5. The van der Waals surface area contributed by atoms with Crippen molar-refractivity contribution in [3.63, 3.8) is 0 Å². The van der Waals surface area contributed by atoms with E-state index < -0.39 is 36.7 Å². The van der Waals surface area contributed by atoms with Crippen molar-refractivity contribution in [1.29, 1.82) is 0 Å². The maximum absolute atomic E-state index is 13.5. The lowest BCUT2D eigenvalue weighted by atomic mass is 10.1. The maximum Gasteiger partial charge on any atom is 0.382 e. The Balaban J connectivity index is 2.04. The van der Waals surface area contributed by atoms with Crippen LogP contribution in [0.2, 0.25) is 0 Å². The largest absolute Gasteiger partial charge is 0.451 e. The lowest BCUT2D eigenvalue weighted by Crippen LogP contribution is -2.42. The Hall–Kier alpha value is -2.28. The first kappa shape index (κ1) is 15.1. The predicted molar refractivity (Wildman–Crippen MR) is 67.3 cm³/mol. The van der Waals surface area contributed by atoms with E-state index in [0.717, 1.165) is 6.08 Å². The summed E-state index contributed by atoms with van der Waals surface area (Å²) in [6.07, 6.45) is -1.36. The Labute approximate surface area is 118 Å². The highest BCUT2D eigenvalue weighted by atomic mass is 19.3. The van der Waals surface area contributed by atoms with Crippen LogP contribution in [0.1, 0.15) is 5.56 Å². The van der Waals surface area contributed by atoms with Crippen molar-refractivity contribution < 1.29 is 33.0 Å². The third kappa shape index (κ3) is 3.25. The summed E-state index contributed by atoms with van der Waals surface area (Å²) in [7, 11) is 0.